The Morgan fingerprint density at radius 1 is 1.10 bits per heavy atom. The second-order valence-corrected chi connectivity index (χ2v) is 19.6. The Bertz CT molecular complexity index is 1580. The molecule has 15 nitrogen and oxygen atoms in total. The summed E-state index contributed by atoms with van der Waals surface area (Å²) in [4.78, 5) is 36.6. The lowest BCUT2D eigenvalue weighted by Gasteiger charge is -2.24. The Hall–Kier alpha value is -2.59. The first kappa shape index (κ1) is 52.6. The number of hydrogen-bond acceptors (Lipinski definition) is 18. The van der Waals surface area contributed by atoms with Gasteiger partial charge in [-0.25, -0.2) is 4.79 Å². The molecule has 21 heteroatoms. The number of thioether (sulfide) groups is 1. The van der Waals surface area contributed by atoms with E-state index in [1.807, 2.05) is 18.6 Å². The van der Waals surface area contributed by atoms with Crippen molar-refractivity contribution < 1.29 is 52.3 Å². The number of benzene rings is 1. The maximum absolute atomic E-state index is 12.4. The molecule has 1 radical (unpaired) electrons. The molecule has 1 aromatic carbocycles. The molecule has 325 valence electrons. The summed E-state index contributed by atoms with van der Waals surface area (Å²) in [5.74, 6) is 11.5. The summed E-state index contributed by atoms with van der Waals surface area (Å²) < 4.78 is 45.9. The molecule has 1 aromatic rings. The largest absolute Gasteiger partial charge is 0.509 e. The number of carbonyl (C=O) groups excluding carboxylic acids is 3. The lowest BCUT2D eigenvalue weighted by molar-refractivity contribution is -0.126. The van der Waals surface area contributed by atoms with Crippen molar-refractivity contribution in [2.24, 2.45) is 5.73 Å². The van der Waals surface area contributed by atoms with Crippen LogP contribution in [0.2, 0.25) is 0 Å². The van der Waals surface area contributed by atoms with Crippen molar-refractivity contribution in [1.82, 2.24) is 10.6 Å². The molecule has 1 heterocycles. The zero-order chi connectivity index (χ0) is 43.3. The van der Waals surface area contributed by atoms with Gasteiger partial charge in [-0.05, 0) is 56.5 Å². The average Bonchev–Trinajstić information content (AvgIpc) is 3.59. The highest BCUT2D eigenvalue weighted by Gasteiger charge is 2.38. The van der Waals surface area contributed by atoms with E-state index < -0.39 is 23.8 Å². The van der Waals surface area contributed by atoms with Crippen molar-refractivity contribution in [2.75, 3.05) is 71.5 Å². The van der Waals surface area contributed by atoms with Gasteiger partial charge in [0.05, 0.1) is 32.5 Å². The second kappa shape index (κ2) is 31.3. The number of amides is 2. The molecule has 4 N–H and O–H groups in total. The number of carbonyl (C=O) groups is 3. The van der Waals surface area contributed by atoms with Crippen LogP contribution in [0.25, 0.3) is 0 Å². The van der Waals surface area contributed by atoms with Gasteiger partial charge in [0.2, 0.25) is 5.91 Å². The minimum Gasteiger partial charge on any atom is -0.490 e. The molecule has 2 amide bonds. The van der Waals surface area contributed by atoms with Crippen LogP contribution in [0.3, 0.4) is 0 Å². The van der Waals surface area contributed by atoms with Crippen molar-refractivity contribution in [1.29, 1.82) is 5.26 Å². The average molecular weight is 914 g/mol. The number of nitriles is 1. The smallest absolute Gasteiger partial charge is 0.490 e. The number of nitrogens with two attached hydrogens (primary N) is 1. The van der Waals surface area contributed by atoms with Gasteiger partial charge in [-0.1, -0.05) is 81.9 Å². The Labute approximate surface area is 369 Å². The van der Waals surface area contributed by atoms with Crippen molar-refractivity contribution in [3.8, 4) is 34.7 Å². The zero-order valence-electron chi connectivity index (χ0n) is 34.2. The molecule has 3 unspecified atom stereocenters. The number of rotatable bonds is 27. The van der Waals surface area contributed by atoms with Crippen LogP contribution in [-0.4, -0.2) is 137 Å². The number of nitrogens with one attached hydrogen (secondary N) is 2. The van der Waals surface area contributed by atoms with E-state index in [2.05, 4.69) is 55.0 Å². The van der Waals surface area contributed by atoms with Gasteiger partial charge < -0.3 is 54.3 Å². The third-order valence-electron chi connectivity index (χ3n) is 7.08. The standard InChI is InChI=1S/C38H54BN4O11S5/c1-7-10-27(2)49-21-31-30(54-35(57-55-6)24-51-37(46)52-26-56-25-41)20-32(53-31)39-13-9-15-42-33(44)22-47-17-18-48-34(58-59-38(3,4)5)23-50-29-12-8-11-28(19-29)36(45)43-16-14-40/h8,11-12,19,27,30-32,34-35H,14-18,20-24,26,40H2,1-6H3,(H,42,44)(H,43,45)/t27?,30-,31?,32-,34?,35+/m1/s1. The summed E-state index contributed by atoms with van der Waals surface area (Å²) in [7, 11) is 7.74. The molecule has 6 atom stereocenters. The summed E-state index contributed by atoms with van der Waals surface area (Å²) in [6.07, 6.45) is 0.299. The fourth-order valence-electron chi connectivity index (χ4n) is 4.58. The van der Waals surface area contributed by atoms with E-state index in [-0.39, 0.29) is 86.2 Å². The van der Waals surface area contributed by atoms with Gasteiger partial charge in [-0.15, -0.1) is 5.92 Å². The predicted octanol–water partition coefficient (Wildman–Crippen LogP) is 4.67. The van der Waals surface area contributed by atoms with E-state index in [0.717, 1.165) is 11.8 Å². The van der Waals surface area contributed by atoms with Crippen LogP contribution in [0, 0.1) is 34.2 Å². The monoisotopic (exact) mass is 913 g/mol. The van der Waals surface area contributed by atoms with Crippen LogP contribution in [0.4, 0.5) is 4.79 Å². The molecule has 0 bridgehead atoms. The van der Waals surface area contributed by atoms with Crippen molar-refractivity contribution >= 4 is 80.2 Å². The van der Waals surface area contributed by atoms with Crippen LogP contribution < -0.4 is 21.1 Å². The number of ether oxygens (including phenoxy) is 8. The fourth-order valence-corrected chi connectivity index (χ4v) is 8.46. The highest BCUT2D eigenvalue weighted by molar-refractivity contribution is 8.77. The molecule has 0 spiro atoms. The summed E-state index contributed by atoms with van der Waals surface area (Å²) in [6.45, 7) is 11.4. The Morgan fingerprint density at radius 2 is 1.92 bits per heavy atom. The van der Waals surface area contributed by atoms with Gasteiger partial charge in [0, 0.05) is 29.4 Å². The van der Waals surface area contributed by atoms with E-state index in [9.17, 15) is 14.4 Å². The summed E-state index contributed by atoms with van der Waals surface area (Å²) in [6, 6.07) is 6.53. The van der Waals surface area contributed by atoms with E-state index in [0.29, 0.717) is 30.8 Å². The Morgan fingerprint density at radius 3 is 2.64 bits per heavy atom. The summed E-state index contributed by atoms with van der Waals surface area (Å²) >= 11 is 0.782. The first-order valence-corrected chi connectivity index (χ1v) is 24.4. The van der Waals surface area contributed by atoms with Crippen LogP contribution >= 0.6 is 54.9 Å². The van der Waals surface area contributed by atoms with Gasteiger partial charge in [-0.2, -0.15) is 11.1 Å². The minimum absolute atomic E-state index is 0.0182. The topological polar surface area (TPSA) is 199 Å². The lowest BCUT2D eigenvalue weighted by atomic mass is 9.71. The first-order chi connectivity index (χ1) is 28.4. The quantitative estimate of drug-likeness (QED) is 0.0209. The molecule has 59 heavy (non-hydrogen) atoms. The van der Waals surface area contributed by atoms with E-state index >= 15 is 0 Å². The van der Waals surface area contributed by atoms with Gasteiger partial charge in [0.25, 0.3) is 13.2 Å². The molecule has 1 aliphatic rings. The Kier molecular flexibility index (Phi) is 27.9. The van der Waals surface area contributed by atoms with Crippen LogP contribution in [0.5, 0.6) is 5.75 Å². The van der Waals surface area contributed by atoms with E-state index in [4.69, 9.17) is 48.9 Å². The molecule has 0 saturated carbocycles. The summed E-state index contributed by atoms with van der Waals surface area (Å²) in [5.41, 5.74) is 5.09. The van der Waals surface area contributed by atoms with Crippen molar-refractivity contribution in [3.05, 3.63) is 29.8 Å². The maximum atomic E-state index is 12.4. The van der Waals surface area contributed by atoms with Gasteiger partial charge >= 0.3 is 6.16 Å². The molecular weight excluding hydrogens is 860 g/mol. The SMILES string of the molecule is CC#CC(C)OCC1O[C@@H]([B]C#CCNC(=O)COCCOC(COc2cccc(C(=O)NCCN)c2)SSC(C)(C)C)C[C@H]1O[C@H](COC(=O)OCSC#N)SSC. The molecular formula is C38H54BN4O11S5. The predicted molar refractivity (Wildman–Crippen MR) is 238 cm³/mol. The molecule has 1 fully saturated rings. The van der Waals surface area contributed by atoms with Gasteiger partial charge in [0.1, 0.15) is 54.1 Å². The fraction of sp³-hybridized carbons (Fsp3) is 0.632. The molecule has 1 saturated heterocycles. The van der Waals surface area contributed by atoms with Crippen LogP contribution in [-0.2, 0) is 38.0 Å². The number of thiocyanates is 1. The minimum atomic E-state index is -0.893. The van der Waals surface area contributed by atoms with Crippen molar-refractivity contribution in [3.63, 3.8) is 0 Å². The third-order valence-corrected chi connectivity index (χ3v) is 12.8. The molecule has 2 rings (SSSR count). The van der Waals surface area contributed by atoms with Crippen LogP contribution in [0.15, 0.2) is 24.3 Å². The van der Waals surface area contributed by atoms with E-state index in [1.54, 1.807) is 49.3 Å². The first-order valence-electron chi connectivity index (χ1n) is 18.5. The van der Waals surface area contributed by atoms with Crippen molar-refractivity contribution in [2.45, 2.75) is 81.0 Å². The van der Waals surface area contributed by atoms with E-state index in [1.165, 1.54) is 32.4 Å². The normalized spacial score (nSPS) is 17.4. The van der Waals surface area contributed by atoms with Gasteiger partial charge in [-0.3, -0.25) is 9.59 Å². The summed E-state index contributed by atoms with van der Waals surface area (Å²) in [5, 5.41) is 15.9. The van der Waals surface area contributed by atoms with Crippen LogP contribution in [0.1, 0.15) is 51.4 Å². The lowest BCUT2D eigenvalue weighted by Crippen LogP contribution is -2.34. The third kappa shape index (κ3) is 25.1. The number of hydrogen-bond donors (Lipinski definition) is 3. The zero-order valence-corrected chi connectivity index (χ0v) is 38.3. The Balaban J connectivity index is 1.80. The van der Waals surface area contributed by atoms with Gasteiger partial charge in [0.15, 0.2) is 5.94 Å². The highest BCUT2D eigenvalue weighted by Crippen LogP contribution is 2.38. The highest BCUT2D eigenvalue weighted by atomic mass is 33.1. The number of nitrogens with zero attached hydrogens (tertiary/aromatic N) is 1. The maximum Gasteiger partial charge on any atom is 0.509 e. The molecule has 0 aromatic heterocycles. The molecule has 0 aliphatic carbocycles. The molecule has 1 aliphatic heterocycles. The second-order valence-electron chi connectivity index (χ2n) is 13.0.